The molecule has 1 aliphatic rings. The number of carbonyl (C=O) groups excluding carboxylic acids is 1. The minimum absolute atomic E-state index is 0.122. The normalized spacial score (nSPS) is 19.8. The fourth-order valence-corrected chi connectivity index (χ4v) is 1.78. The number of ketones is 1. The van der Waals surface area contributed by atoms with Crippen molar-refractivity contribution in [3.63, 3.8) is 0 Å². The van der Waals surface area contributed by atoms with E-state index < -0.39 is 5.82 Å². The molecule has 0 bridgehead atoms. The molecule has 2 rings (SSSR count). The molecular weight excluding hydrogens is 211 g/mol. The zero-order valence-corrected chi connectivity index (χ0v) is 9.03. The van der Waals surface area contributed by atoms with Crippen LogP contribution in [0.25, 0.3) is 0 Å². The van der Waals surface area contributed by atoms with E-state index in [1.54, 1.807) is 6.07 Å². The summed E-state index contributed by atoms with van der Waals surface area (Å²) in [6.07, 6.45) is 0.671. The lowest BCUT2D eigenvalue weighted by Gasteiger charge is -2.08. The molecule has 16 heavy (non-hydrogen) atoms. The van der Waals surface area contributed by atoms with Gasteiger partial charge < -0.3 is 9.47 Å². The monoisotopic (exact) mass is 224 g/mol. The van der Waals surface area contributed by atoms with Crippen molar-refractivity contribution in [1.82, 2.24) is 0 Å². The molecule has 0 amide bonds. The van der Waals surface area contributed by atoms with Crippen LogP contribution < -0.4 is 4.74 Å². The van der Waals surface area contributed by atoms with E-state index in [9.17, 15) is 9.18 Å². The molecule has 1 atom stereocenters. The molecule has 0 saturated carbocycles. The predicted molar refractivity (Wildman–Crippen MR) is 56.2 cm³/mol. The second kappa shape index (κ2) is 4.61. The quantitative estimate of drug-likeness (QED) is 0.737. The van der Waals surface area contributed by atoms with Crippen molar-refractivity contribution in [2.45, 2.75) is 6.42 Å². The standard InChI is InChI=1S/C12H13FO3/c1-15-9-2-3-10(11(13)6-9)12(14)8-4-5-16-7-8/h2-3,6,8H,4-5,7H2,1H3. The highest BCUT2D eigenvalue weighted by atomic mass is 19.1. The highest BCUT2D eigenvalue weighted by molar-refractivity contribution is 5.98. The molecular formula is C12H13FO3. The molecule has 1 saturated heterocycles. The lowest BCUT2D eigenvalue weighted by Crippen LogP contribution is -2.16. The highest BCUT2D eigenvalue weighted by Gasteiger charge is 2.26. The minimum atomic E-state index is -0.531. The van der Waals surface area contributed by atoms with E-state index in [-0.39, 0.29) is 17.3 Å². The third-order valence-electron chi connectivity index (χ3n) is 2.74. The number of halogens is 1. The fraction of sp³-hybridized carbons (Fsp3) is 0.417. The molecule has 86 valence electrons. The van der Waals surface area contributed by atoms with Crippen molar-refractivity contribution in [2.75, 3.05) is 20.3 Å². The number of benzene rings is 1. The first-order valence-electron chi connectivity index (χ1n) is 5.18. The molecule has 0 aliphatic carbocycles. The minimum Gasteiger partial charge on any atom is -0.497 e. The molecule has 0 radical (unpaired) electrons. The highest BCUT2D eigenvalue weighted by Crippen LogP contribution is 2.22. The second-order valence-electron chi connectivity index (χ2n) is 3.77. The Morgan fingerprint density at radius 2 is 2.38 bits per heavy atom. The van der Waals surface area contributed by atoms with E-state index >= 15 is 0 Å². The molecule has 3 nitrogen and oxygen atoms in total. The molecule has 1 fully saturated rings. The average molecular weight is 224 g/mol. The summed E-state index contributed by atoms with van der Waals surface area (Å²) in [5.74, 6) is -0.506. The zero-order valence-electron chi connectivity index (χ0n) is 9.03. The molecule has 0 spiro atoms. The molecule has 1 aromatic carbocycles. The first-order valence-corrected chi connectivity index (χ1v) is 5.18. The smallest absolute Gasteiger partial charge is 0.171 e. The van der Waals surface area contributed by atoms with Crippen LogP contribution in [-0.2, 0) is 4.74 Å². The first kappa shape index (κ1) is 11.1. The van der Waals surface area contributed by atoms with Crippen LogP contribution in [0.3, 0.4) is 0 Å². The van der Waals surface area contributed by atoms with Crippen LogP contribution in [0.1, 0.15) is 16.8 Å². The molecule has 0 aromatic heterocycles. The number of rotatable bonds is 3. The molecule has 1 unspecified atom stereocenters. The van der Waals surface area contributed by atoms with Crippen LogP contribution in [0.2, 0.25) is 0 Å². The summed E-state index contributed by atoms with van der Waals surface area (Å²) < 4.78 is 23.6. The van der Waals surface area contributed by atoms with Crippen LogP contribution in [0, 0.1) is 11.7 Å². The van der Waals surface area contributed by atoms with Gasteiger partial charge in [0.15, 0.2) is 5.78 Å². The number of methoxy groups -OCH3 is 1. The van der Waals surface area contributed by atoms with Crippen LogP contribution in [0.4, 0.5) is 4.39 Å². The van der Waals surface area contributed by atoms with Gasteiger partial charge in [-0.1, -0.05) is 0 Å². The van der Waals surface area contributed by atoms with Gasteiger partial charge >= 0.3 is 0 Å². The van der Waals surface area contributed by atoms with Gasteiger partial charge in [0, 0.05) is 18.6 Å². The van der Waals surface area contributed by atoms with Gasteiger partial charge in [0.1, 0.15) is 11.6 Å². The Balaban J connectivity index is 2.22. The van der Waals surface area contributed by atoms with Crippen molar-refractivity contribution in [1.29, 1.82) is 0 Å². The lowest BCUT2D eigenvalue weighted by molar-refractivity contribution is 0.0896. The molecule has 1 heterocycles. The summed E-state index contributed by atoms with van der Waals surface area (Å²) >= 11 is 0. The Hall–Kier alpha value is -1.42. The molecule has 0 N–H and O–H groups in total. The SMILES string of the molecule is COc1ccc(C(=O)C2CCOC2)c(F)c1. The number of hydrogen-bond donors (Lipinski definition) is 0. The third kappa shape index (κ3) is 2.07. The lowest BCUT2D eigenvalue weighted by atomic mass is 9.96. The largest absolute Gasteiger partial charge is 0.497 e. The predicted octanol–water partition coefficient (Wildman–Crippen LogP) is 2.05. The van der Waals surface area contributed by atoms with Gasteiger partial charge in [0.2, 0.25) is 0 Å². The van der Waals surface area contributed by atoms with E-state index in [2.05, 4.69) is 0 Å². The van der Waals surface area contributed by atoms with Gasteiger partial charge in [-0.25, -0.2) is 4.39 Å². The van der Waals surface area contributed by atoms with Gasteiger partial charge in [-0.2, -0.15) is 0 Å². The van der Waals surface area contributed by atoms with Crippen LogP contribution >= 0.6 is 0 Å². The van der Waals surface area contributed by atoms with Gasteiger partial charge in [-0.3, -0.25) is 4.79 Å². The van der Waals surface area contributed by atoms with E-state index in [4.69, 9.17) is 9.47 Å². The van der Waals surface area contributed by atoms with Gasteiger partial charge in [-0.15, -0.1) is 0 Å². The topological polar surface area (TPSA) is 35.5 Å². The average Bonchev–Trinajstić information content (AvgIpc) is 2.81. The maximum atomic E-state index is 13.6. The van der Waals surface area contributed by atoms with E-state index in [0.29, 0.717) is 25.4 Å². The van der Waals surface area contributed by atoms with E-state index in [1.807, 2.05) is 0 Å². The van der Waals surface area contributed by atoms with Gasteiger partial charge in [0.25, 0.3) is 0 Å². The summed E-state index contributed by atoms with van der Waals surface area (Å²) in [5, 5.41) is 0. The van der Waals surface area contributed by atoms with Crippen LogP contribution in [0.15, 0.2) is 18.2 Å². The summed E-state index contributed by atoms with van der Waals surface area (Å²) in [5.41, 5.74) is 0.122. The van der Waals surface area contributed by atoms with E-state index in [0.717, 1.165) is 0 Å². The molecule has 1 aliphatic heterocycles. The summed E-state index contributed by atoms with van der Waals surface area (Å²) in [7, 11) is 1.46. The fourth-order valence-electron chi connectivity index (χ4n) is 1.78. The number of ether oxygens (including phenoxy) is 2. The van der Waals surface area contributed by atoms with Crippen molar-refractivity contribution in [3.05, 3.63) is 29.6 Å². The van der Waals surface area contributed by atoms with Crippen molar-refractivity contribution >= 4 is 5.78 Å². The number of hydrogen-bond acceptors (Lipinski definition) is 3. The Bertz CT molecular complexity index is 397. The zero-order chi connectivity index (χ0) is 11.5. The Kier molecular flexibility index (Phi) is 3.19. The van der Waals surface area contributed by atoms with Crippen LogP contribution in [0.5, 0.6) is 5.75 Å². The van der Waals surface area contributed by atoms with Crippen LogP contribution in [-0.4, -0.2) is 26.1 Å². The summed E-state index contributed by atoms with van der Waals surface area (Å²) in [6, 6.07) is 4.28. The van der Waals surface area contributed by atoms with Crippen molar-refractivity contribution in [2.24, 2.45) is 5.92 Å². The Morgan fingerprint density at radius 1 is 1.56 bits per heavy atom. The van der Waals surface area contributed by atoms with E-state index in [1.165, 1.54) is 19.2 Å². The van der Waals surface area contributed by atoms with Crippen molar-refractivity contribution in [3.8, 4) is 5.75 Å². The summed E-state index contributed by atoms with van der Waals surface area (Å²) in [4.78, 5) is 11.9. The maximum absolute atomic E-state index is 13.6. The third-order valence-corrected chi connectivity index (χ3v) is 2.74. The Labute approximate surface area is 93.2 Å². The van der Waals surface area contributed by atoms with Gasteiger partial charge in [0.05, 0.1) is 19.3 Å². The molecule has 4 heteroatoms. The Morgan fingerprint density at radius 3 is 2.94 bits per heavy atom. The summed E-state index contributed by atoms with van der Waals surface area (Å²) in [6.45, 7) is 0.971. The first-order chi connectivity index (χ1) is 7.72. The maximum Gasteiger partial charge on any atom is 0.171 e. The van der Waals surface area contributed by atoms with Gasteiger partial charge in [-0.05, 0) is 18.6 Å². The second-order valence-corrected chi connectivity index (χ2v) is 3.77. The van der Waals surface area contributed by atoms with Crippen molar-refractivity contribution < 1.29 is 18.7 Å². The molecule has 1 aromatic rings. The number of carbonyl (C=O) groups is 1. The number of Topliss-reactive ketones (excluding diaryl/α,β-unsaturated/α-hetero) is 1.